The minimum Gasteiger partial charge on any atom is -0.396 e. The van der Waals surface area contributed by atoms with Gasteiger partial charge in [-0.2, -0.15) is 0 Å². The second kappa shape index (κ2) is 5.07. The lowest BCUT2D eigenvalue weighted by molar-refractivity contribution is 0.0786. The Morgan fingerprint density at radius 1 is 1.63 bits per heavy atom. The molecule has 19 heavy (non-hydrogen) atoms. The number of fused-ring (bicyclic) bond motifs is 1. The summed E-state index contributed by atoms with van der Waals surface area (Å²) in [5.41, 5.74) is 0.763. The molecular formula is C13H13ClN2O2S. The van der Waals surface area contributed by atoms with Crippen molar-refractivity contribution in [1.82, 2.24) is 9.88 Å². The highest BCUT2D eigenvalue weighted by molar-refractivity contribution is 7.21. The fourth-order valence-corrected chi connectivity index (χ4v) is 3.59. The molecule has 1 N–H and O–H groups in total. The summed E-state index contributed by atoms with van der Waals surface area (Å²) in [4.78, 5) is 19.0. The number of aliphatic hydroxyl groups excluding tert-OH is 1. The number of carbonyl (C=O) groups is 1. The number of carbonyl (C=O) groups excluding carboxylic acids is 1. The van der Waals surface area contributed by atoms with Crippen LogP contribution in [0.3, 0.4) is 0 Å². The number of halogens is 1. The number of hydrogen-bond donors (Lipinski definition) is 1. The van der Waals surface area contributed by atoms with E-state index >= 15 is 0 Å². The molecule has 0 spiro atoms. The molecule has 0 bridgehead atoms. The van der Waals surface area contributed by atoms with Crippen LogP contribution in [0, 0.1) is 5.92 Å². The highest BCUT2D eigenvalue weighted by atomic mass is 35.5. The Morgan fingerprint density at radius 3 is 3.16 bits per heavy atom. The van der Waals surface area contributed by atoms with Crippen LogP contribution in [-0.2, 0) is 0 Å². The van der Waals surface area contributed by atoms with Crippen molar-refractivity contribution in [2.24, 2.45) is 5.92 Å². The summed E-state index contributed by atoms with van der Waals surface area (Å²) in [6, 6.07) is 3.52. The van der Waals surface area contributed by atoms with Crippen LogP contribution < -0.4 is 0 Å². The summed E-state index contributed by atoms with van der Waals surface area (Å²) in [5, 5.41) is 9.75. The van der Waals surface area contributed by atoms with E-state index in [1.807, 2.05) is 0 Å². The fraction of sp³-hybridized carbons (Fsp3) is 0.385. The highest BCUT2D eigenvalue weighted by Crippen LogP contribution is 2.31. The van der Waals surface area contributed by atoms with Gasteiger partial charge >= 0.3 is 0 Å². The van der Waals surface area contributed by atoms with Gasteiger partial charge in [0.2, 0.25) is 0 Å². The summed E-state index contributed by atoms with van der Waals surface area (Å²) < 4.78 is 0.852. The van der Waals surface area contributed by atoms with Gasteiger partial charge in [-0.25, -0.2) is 0 Å². The van der Waals surface area contributed by atoms with Crippen LogP contribution in [0.4, 0.5) is 0 Å². The molecule has 0 saturated carbocycles. The van der Waals surface area contributed by atoms with Gasteiger partial charge in [-0.1, -0.05) is 11.6 Å². The van der Waals surface area contributed by atoms with Gasteiger partial charge in [-0.05, 0) is 18.6 Å². The molecule has 1 aliphatic rings. The average molecular weight is 297 g/mol. The minimum absolute atomic E-state index is 0.00927. The van der Waals surface area contributed by atoms with Crippen LogP contribution >= 0.6 is 22.9 Å². The molecule has 3 heterocycles. The van der Waals surface area contributed by atoms with Crippen molar-refractivity contribution >= 4 is 39.1 Å². The molecule has 2 aromatic rings. The van der Waals surface area contributed by atoms with E-state index in [9.17, 15) is 4.79 Å². The Kier molecular flexibility index (Phi) is 3.43. The smallest absolute Gasteiger partial charge is 0.264 e. The molecule has 0 aromatic carbocycles. The third kappa shape index (κ3) is 2.33. The van der Waals surface area contributed by atoms with Gasteiger partial charge in [0.1, 0.15) is 0 Å². The van der Waals surface area contributed by atoms with Gasteiger partial charge in [0.05, 0.1) is 20.1 Å². The summed E-state index contributed by atoms with van der Waals surface area (Å²) >= 11 is 7.47. The van der Waals surface area contributed by atoms with Gasteiger partial charge < -0.3 is 10.0 Å². The third-order valence-corrected chi connectivity index (χ3v) is 4.98. The van der Waals surface area contributed by atoms with Crippen molar-refractivity contribution in [3.63, 3.8) is 0 Å². The fourth-order valence-electron chi connectivity index (χ4n) is 2.33. The van der Waals surface area contributed by atoms with Crippen LogP contribution in [-0.4, -0.2) is 40.6 Å². The van der Waals surface area contributed by atoms with Crippen molar-refractivity contribution in [3.8, 4) is 0 Å². The van der Waals surface area contributed by atoms with Crippen LogP contribution in [0.5, 0.6) is 0 Å². The molecule has 2 aromatic heterocycles. The zero-order valence-corrected chi connectivity index (χ0v) is 11.7. The first-order valence-corrected chi connectivity index (χ1v) is 7.32. The maximum absolute atomic E-state index is 12.4. The van der Waals surface area contributed by atoms with E-state index < -0.39 is 0 Å². The third-order valence-electron chi connectivity index (χ3n) is 3.41. The summed E-state index contributed by atoms with van der Waals surface area (Å²) in [5.74, 6) is 0.218. The Hall–Kier alpha value is -1.17. The summed E-state index contributed by atoms with van der Waals surface area (Å²) in [7, 11) is 0. The lowest BCUT2D eigenvalue weighted by atomic mass is 10.1. The monoisotopic (exact) mass is 296 g/mol. The van der Waals surface area contributed by atoms with E-state index in [-0.39, 0.29) is 18.4 Å². The Labute approximate surface area is 119 Å². The van der Waals surface area contributed by atoms with Crippen LogP contribution in [0.15, 0.2) is 18.3 Å². The predicted molar refractivity (Wildman–Crippen MR) is 75.7 cm³/mol. The first kappa shape index (κ1) is 12.8. The van der Waals surface area contributed by atoms with Crippen molar-refractivity contribution in [2.45, 2.75) is 6.42 Å². The van der Waals surface area contributed by atoms with Crippen LogP contribution in [0.25, 0.3) is 10.2 Å². The molecule has 100 valence electrons. The first-order valence-electron chi connectivity index (χ1n) is 6.13. The Morgan fingerprint density at radius 2 is 2.47 bits per heavy atom. The van der Waals surface area contributed by atoms with Crippen molar-refractivity contribution in [1.29, 1.82) is 0 Å². The van der Waals surface area contributed by atoms with Gasteiger partial charge in [0.15, 0.2) is 0 Å². The highest BCUT2D eigenvalue weighted by Gasteiger charge is 2.27. The zero-order valence-electron chi connectivity index (χ0n) is 10.2. The maximum atomic E-state index is 12.4. The quantitative estimate of drug-likeness (QED) is 0.926. The molecule has 0 radical (unpaired) electrons. The normalized spacial score (nSPS) is 19.3. The molecule has 6 heteroatoms. The number of aliphatic hydroxyl groups is 1. The van der Waals surface area contributed by atoms with Crippen molar-refractivity contribution in [2.75, 3.05) is 19.7 Å². The molecule has 1 aliphatic heterocycles. The molecule has 1 unspecified atom stereocenters. The number of thiophene rings is 1. The summed E-state index contributed by atoms with van der Waals surface area (Å²) in [6.45, 7) is 1.48. The van der Waals surface area contributed by atoms with Crippen LogP contribution in [0.1, 0.15) is 16.1 Å². The number of likely N-dealkylation sites (tertiary alicyclic amines) is 1. The molecule has 1 fully saturated rings. The predicted octanol–water partition coefficient (Wildman–Crippen LogP) is 2.40. The Balaban J connectivity index is 1.88. The minimum atomic E-state index is 0.00927. The summed E-state index contributed by atoms with van der Waals surface area (Å²) in [6.07, 6.45) is 2.51. The maximum Gasteiger partial charge on any atom is 0.264 e. The van der Waals surface area contributed by atoms with Gasteiger partial charge in [0, 0.05) is 31.8 Å². The lowest BCUT2D eigenvalue weighted by Gasteiger charge is -2.14. The van der Waals surface area contributed by atoms with Crippen molar-refractivity contribution < 1.29 is 9.90 Å². The number of amides is 1. The van der Waals surface area contributed by atoms with Gasteiger partial charge in [-0.15, -0.1) is 11.3 Å². The average Bonchev–Trinajstić information content (AvgIpc) is 3.05. The molecular weight excluding hydrogens is 284 g/mol. The van der Waals surface area contributed by atoms with Gasteiger partial charge in [-0.3, -0.25) is 9.78 Å². The largest absolute Gasteiger partial charge is 0.396 e. The topological polar surface area (TPSA) is 53.4 Å². The number of pyridine rings is 1. The second-order valence-electron chi connectivity index (χ2n) is 4.71. The van der Waals surface area contributed by atoms with E-state index in [0.29, 0.717) is 23.0 Å². The first-order chi connectivity index (χ1) is 9.19. The zero-order chi connectivity index (χ0) is 13.4. The number of aromatic nitrogens is 1. The number of rotatable bonds is 2. The Bertz CT molecular complexity index is 628. The van der Waals surface area contributed by atoms with E-state index in [4.69, 9.17) is 16.7 Å². The van der Waals surface area contributed by atoms with Crippen molar-refractivity contribution in [3.05, 3.63) is 28.2 Å². The molecule has 1 amide bonds. The number of hydrogen-bond acceptors (Lipinski definition) is 4. The number of nitrogens with zero attached hydrogens (tertiary/aromatic N) is 2. The van der Waals surface area contributed by atoms with E-state index in [1.165, 1.54) is 11.3 Å². The van der Waals surface area contributed by atoms with E-state index in [2.05, 4.69) is 4.98 Å². The molecule has 1 atom stereocenters. The van der Waals surface area contributed by atoms with Crippen LogP contribution in [0.2, 0.25) is 5.02 Å². The molecule has 3 rings (SSSR count). The lowest BCUT2D eigenvalue weighted by Crippen LogP contribution is -2.28. The molecule has 4 nitrogen and oxygen atoms in total. The standard InChI is InChI=1S/C13H13ClN2O2S/c14-9-1-3-15-10-5-11(19-12(9)10)13(18)16-4-2-8(6-16)7-17/h1,3,5,8,17H,2,4,6-7H2. The van der Waals surface area contributed by atoms with E-state index in [1.54, 1.807) is 23.2 Å². The second-order valence-corrected chi connectivity index (χ2v) is 6.17. The molecule has 1 saturated heterocycles. The molecule has 0 aliphatic carbocycles. The van der Waals surface area contributed by atoms with Gasteiger partial charge in [0.25, 0.3) is 5.91 Å². The van der Waals surface area contributed by atoms with E-state index in [0.717, 1.165) is 16.6 Å². The SMILES string of the molecule is O=C(c1cc2nccc(Cl)c2s1)N1CCC(CO)C1.